The number of para-hydroxylation sites is 1. The molecule has 0 aliphatic rings. The van der Waals surface area contributed by atoms with Crippen molar-refractivity contribution in [3.05, 3.63) is 53.8 Å². The Morgan fingerprint density at radius 2 is 2.04 bits per heavy atom. The number of carbonyl (C=O) groups is 1. The van der Waals surface area contributed by atoms with Gasteiger partial charge in [0, 0.05) is 11.9 Å². The molecular weight excluding hydrogens is 337 g/mol. The molecule has 0 radical (unpaired) electrons. The van der Waals surface area contributed by atoms with Crippen LogP contribution >= 0.6 is 0 Å². The molecule has 134 valence electrons. The average Bonchev–Trinajstić information content (AvgIpc) is 2.89. The Hall–Kier alpha value is -3.22. The van der Waals surface area contributed by atoms with E-state index in [9.17, 15) is 14.3 Å². The van der Waals surface area contributed by atoms with E-state index < -0.39 is 18.3 Å². The van der Waals surface area contributed by atoms with Crippen LogP contribution in [0.3, 0.4) is 0 Å². The van der Waals surface area contributed by atoms with Crippen LogP contribution in [0.1, 0.15) is 12.5 Å². The number of aromatic nitrogens is 1. The second kappa shape index (κ2) is 7.35. The van der Waals surface area contributed by atoms with Crippen LogP contribution in [0.2, 0.25) is 0 Å². The summed E-state index contributed by atoms with van der Waals surface area (Å²) in [6.45, 7) is 3.92. The van der Waals surface area contributed by atoms with E-state index in [4.69, 9.17) is 4.74 Å². The van der Waals surface area contributed by atoms with Gasteiger partial charge in [-0.15, -0.1) is 10.2 Å². The SMILES string of the molecule is CCn1c(O)c(N=NC(=O)COc2ccccc2F)c2cc(C)ccc21. The molecule has 1 N–H and O–H groups in total. The second-order valence-electron chi connectivity index (χ2n) is 5.75. The zero-order valence-corrected chi connectivity index (χ0v) is 14.4. The monoisotopic (exact) mass is 355 g/mol. The van der Waals surface area contributed by atoms with E-state index in [1.54, 1.807) is 10.6 Å². The van der Waals surface area contributed by atoms with Crippen molar-refractivity contribution in [3.8, 4) is 11.6 Å². The molecule has 0 aliphatic heterocycles. The first-order valence-corrected chi connectivity index (χ1v) is 8.15. The van der Waals surface area contributed by atoms with Crippen LogP contribution in [0, 0.1) is 12.7 Å². The number of hydrogen-bond donors (Lipinski definition) is 1. The van der Waals surface area contributed by atoms with E-state index in [0.717, 1.165) is 11.1 Å². The molecule has 0 fully saturated rings. The third kappa shape index (κ3) is 3.42. The number of azo groups is 1. The molecule has 0 aliphatic carbocycles. The van der Waals surface area contributed by atoms with Gasteiger partial charge in [-0.2, -0.15) is 0 Å². The molecule has 3 rings (SSSR count). The second-order valence-corrected chi connectivity index (χ2v) is 5.75. The number of carbonyl (C=O) groups excluding carboxylic acids is 1. The number of benzene rings is 2. The van der Waals surface area contributed by atoms with Gasteiger partial charge in [-0.05, 0) is 38.1 Å². The minimum Gasteiger partial charge on any atom is -0.493 e. The molecule has 0 atom stereocenters. The van der Waals surface area contributed by atoms with Crippen molar-refractivity contribution in [2.45, 2.75) is 20.4 Å². The molecular formula is C19H18FN3O3. The Morgan fingerprint density at radius 1 is 1.27 bits per heavy atom. The first kappa shape index (κ1) is 17.6. The number of nitrogens with zero attached hydrogens (tertiary/aromatic N) is 3. The fourth-order valence-corrected chi connectivity index (χ4v) is 2.69. The smallest absolute Gasteiger partial charge is 0.302 e. The summed E-state index contributed by atoms with van der Waals surface area (Å²) < 4.78 is 20.3. The van der Waals surface area contributed by atoms with Crippen molar-refractivity contribution in [1.82, 2.24) is 4.57 Å². The third-order valence-corrected chi connectivity index (χ3v) is 3.93. The van der Waals surface area contributed by atoms with Gasteiger partial charge < -0.3 is 14.4 Å². The average molecular weight is 355 g/mol. The zero-order valence-electron chi connectivity index (χ0n) is 14.4. The van der Waals surface area contributed by atoms with Crippen molar-refractivity contribution in [2.75, 3.05) is 6.61 Å². The molecule has 0 unspecified atom stereocenters. The van der Waals surface area contributed by atoms with Crippen LogP contribution in [0.5, 0.6) is 11.6 Å². The van der Waals surface area contributed by atoms with Gasteiger partial charge in [0.1, 0.15) is 0 Å². The van der Waals surface area contributed by atoms with Gasteiger partial charge in [-0.25, -0.2) is 4.39 Å². The molecule has 2 aromatic carbocycles. The van der Waals surface area contributed by atoms with Gasteiger partial charge in [-0.1, -0.05) is 23.8 Å². The van der Waals surface area contributed by atoms with E-state index in [2.05, 4.69) is 10.2 Å². The maximum atomic E-state index is 13.5. The molecule has 1 amide bonds. The summed E-state index contributed by atoms with van der Waals surface area (Å²) >= 11 is 0. The van der Waals surface area contributed by atoms with Gasteiger partial charge in [0.2, 0.25) is 5.88 Å². The number of aryl methyl sites for hydroxylation is 2. The molecule has 7 heteroatoms. The highest BCUT2D eigenvalue weighted by Gasteiger charge is 2.16. The minimum atomic E-state index is -0.683. The first-order chi connectivity index (χ1) is 12.5. The van der Waals surface area contributed by atoms with Crippen molar-refractivity contribution in [1.29, 1.82) is 0 Å². The highest BCUT2D eigenvalue weighted by molar-refractivity contribution is 5.95. The normalized spacial score (nSPS) is 11.3. The fraction of sp³-hybridized carbons (Fsp3) is 0.211. The molecule has 0 saturated carbocycles. The van der Waals surface area contributed by atoms with Crippen LogP contribution in [0.15, 0.2) is 52.7 Å². The lowest BCUT2D eigenvalue weighted by Crippen LogP contribution is -2.08. The maximum absolute atomic E-state index is 13.5. The summed E-state index contributed by atoms with van der Waals surface area (Å²) in [5.41, 5.74) is 2.03. The number of fused-ring (bicyclic) bond motifs is 1. The number of halogens is 1. The predicted octanol–water partition coefficient (Wildman–Crippen LogP) is 4.50. The molecule has 26 heavy (non-hydrogen) atoms. The topological polar surface area (TPSA) is 76.2 Å². The number of ether oxygens (including phenoxy) is 1. The van der Waals surface area contributed by atoms with E-state index in [-0.39, 0.29) is 17.3 Å². The van der Waals surface area contributed by atoms with Gasteiger partial charge in [0.05, 0.1) is 5.52 Å². The summed E-state index contributed by atoms with van der Waals surface area (Å²) in [5, 5.41) is 18.6. The van der Waals surface area contributed by atoms with Crippen LogP contribution in [-0.4, -0.2) is 22.2 Å². The number of hydrogen-bond acceptors (Lipinski definition) is 4. The largest absolute Gasteiger partial charge is 0.493 e. The van der Waals surface area contributed by atoms with Gasteiger partial charge in [0.25, 0.3) is 0 Å². The number of amides is 1. The van der Waals surface area contributed by atoms with E-state index in [0.29, 0.717) is 11.9 Å². The highest BCUT2D eigenvalue weighted by Crippen LogP contribution is 2.39. The molecule has 6 nitrogen and oxygen atoms in total. The van der Waals surface area contributed by atoms with Gasteiger partial charge in [-0.3, -0.25) is 4.79 Å². The Labute approximate surface area is 149 Å². The molecule has 0 spiro atoms. The summed E-state index contributed by atoms with van der Waals surface area (Å²) in [4.78, 5) is 11.9. The van der Waals surface area contributed by atoms with Crippen molar-refractivity contribution < 1.29 is 19.0 Å². The molecule has 3 aromatic rings. The maximum Gasteiger partial charge on any atom is 0.302 e. The highest BCUT2D eigenvalue weighted by atomic mass is 19.1. The molecule has 0 bridgehead atoms. The van der Waals surface area contributed by atoms with Crippen molar-refractivity contribution >= 4 is 22.5 Å². The summed E-state index contributed by atoms with van der Waals surface area (Å²) in [6.07, 6.45) is 0. The summed E-state index contributed by atoms with van der Waals surface area (Å²) in [6, 6.07) is 11.5. The van der Waals surface area contributed by atoms with Crippen LogP contribution in [0.25, 0.3) is 10.9 Å². The quantitative estimate of drug-likeness (QED) is 0.685. The molecule has 0 saturated heterocycles. The Bertz CT molecular complexity index is 995. The fourth-order valence-electron chi connectivity index (χ4n) is 2.69. The van der Waals surface area contributed by atoms with E-state index in [1.165, 1.54) is 18.2 Å². The standard InChI is InChI=1S/C19H18FN3O3/c1-3-23-15-9-8-12(2)10-13(15)18(19(23)25)22-21-17(24)11-26-16-7-5-4-6-14(16)20/h4-10,25H,3,11H2,1-2H3. The lowest BCUT2D eigenvalue weighted by molar-refractivity contribution is -0.120. The van der Waals surface area contributed by atoms with E-state index in [1.807, 2.05) is 32.0 Å². The first-order valence-electron chi connectivity index (χ1n) is 8.15. The molecule has 1 heterocycles. The number of rotatable bonds is 5. The lowest BCUT2D eigenvalue weighted by atomic mass is 10.1. The summed E-state index contributed by atoms with van der Waals surface area (Å²) in [7, 11) is 0. The van der Waals surface area contributed by atoms with Crippen LogP contribution < -0.4 is 4.74 Å². The summed E-state index contributed by atoms with van der Waals surface area (Å²) in [5.74, 6) is -1.33. The molecule has 1 aromatic heterocycles. The third-order valence-electron chi connectivity index (χ3n) is 3.93. The predicted molar refractivity (Wildman–Crippen MR) is 95.4 cm³/mol. The lowest BCUT2D eigenvalue weighted by Gasteiger charge is -2.03. The van der Waals surface area contributed by atoms with Crippen molar-refractivity contribution in [2.24, 2.45) is 10.2 Å². The number of aromatic hydroxyl groups is 1. The van der Waals surface area contributed by atoms with Crippen LogP contribution in [-0.2, 0) is 11.3 Å². The minimum absolute atomic E-state index is 0.0305. The zero-order chi connectivity index (χ0) is 18.7. The van der Waals surface area contributed by atoms with Crippen molar-refractivity contribution in [3.63, 3.8) is 0 Å². The van der Waals surface area contributed by atoms with Gasteiger partial charge in [0.15, 0.2) is 23.9 Å². The Morgan fingerprint density at radius 3 is 2.77 bits per heavy atom. The Balaban J connectivity index is 1.82. The van der Waals surface area contributed by atoms with Gasteiger partial charge >= 0.3 is 5.91 Å². The van der Waals surface area contributed by atoms with E-state index >= 15 is 0 Å². The van der Waals surface area contributed by atoms with Crippen LogP contribution in [0.4, 0.5) is 10.1 Å². The Kier molecular flexibility index (Phi) is 4.97.